The van der Waals surface area contributed by atoms with Crippen molar-refractivity contribution < 1.29 is 4.79 Å². The van der Waals surface area contributed by atoms with Crippen LogP contribution in [0.2, 0.25) is 0 Å². The van der Waals surface area contributed by atoms with E-state index in [1.54, 1.807) is 0 Å². The van der Waals surface area contributed by atoms with Gasteiger partial charge in [0.05, 0.1) is 5.75 Å². The third-order valence-electron chi connectivity index (χ3n) is 5.57. The van der Waals surface area contributed by atoms with Crippen LogP contribution in [0.1, 0.15) is 30.9 Å². The van der Waals surface area contributed by atoms with Gasteiger partial charge in [-0.3, -0.25) is 9.36 Å². The fourth-order valence-electron chi connectivity index (χ4n) is 3.81. The van der Waals surface area contributed by atoms with Crippen molar-refractivity contribution in [2.24, 2.45) is 5.92 Å². The summed E-state index contributed by atoms with van der Waals surface area (Å²) < 4.78 is 2.06. The summed E-state index contributed by atoms with van der Waals surface area (Å²) in [6.45, 7) is 8.09. The number of aryl methyl sites for hydroxylation is 2. The van der Waals surface area contributed by atoms with Gasteiger partial charge in [-0.1, -0.05) is 66.2 Å². The molecule has 1 aliphatic rings. The van der Waals surface area contributed by atoms with E-state index in [2.05, 4.69) is 84.1 Å². The first-order chi connectivity index (χ1) is 14.5. The molecule has 0 radical (unpaired) electrons. The molecule has 1 fully saturated rings. The van der Waals surface area contributed by atoms with Gasteiger partial charge in [-0.25, -0.2) is 0 Å². The van der Waals surface area contributed by atoms with Crippen LogP contribution < -0.4 is 0 Å². The summed E-state index contributed by atoms with van der Waals surface area (Å²) in [6, 6.07) is 16.6. The molecular weight excluding hydrogens is 392 g/mol. The Labute approximate surface area is 182 Å². The van der Waals surface area contributed by atoms with Gasteiger partial charge in [0, 0.05) is 24.3 Å². The molecule has 4 rings (SSSR count). The fraction of sp³-hybridized carbons (Fsp3) is 0.375. The van der Waals surface area contributed by atoms with Crippen molar-refractivity contribution >= 4 is 17.7 Å². The van der Waals surface area contributed by atoms with E-state index in [1.807, 2.05) is 4.90 Å². The summed E-state index contributed by atoms with van der Waals surface area (Å²) >= 11 is 1.47. The summed E-state index contributed by atoms with van der Waals surface area (Å²) in [5, 5.41) is 9.68. The number of nitrogens with zero attached hydrogens (tertiary/aromatic N) is 4. The Balaban J connectivity index is 1.61. The fourth-order valence-corrected chi connectivity index (χ4v) is 4.67. The number of piperidine rings is 1. The monoisotopic (exact) mass is 420 g/mol. The van der Waals surface area contributed by atoms with Gasteiger partial charge in [0.15, 0.2) is 11.0 Å². The molecule has 0 bridgehead atoms. The van der Waals surface area contributed by atoms with Crippen molar-refractivity contribution in [1.29, 1.82) is 0 Å². The summed E-state index contributed by atoms with van der Waals surface area (Å²) in [7, 11) is 0. The average molecular weight is 421 g/mol. The normalized spacial score (nSPS) is 16.6. The third kappa shape index (κ3) is 4.59. The highest BCUT2D eigenvalue weighted by Gasteiger charge is 2.23. The Morgan fingerprint density at radius 2 is 1.70 bits per heavy atom. The Bertz CT molecular complexity index is 1010. The first-order valence-corrected chi connectivity index (χ1v) is 11.5. The molecule has 0 saturated carbocycles. The SMILES string of the molecule is Cc1ccc(-c2nnc(SCC(=O)N3CCCC(C)C3)n2-c2ccc(C)cc2)cc1. The number of thioether (sulfide) groups is 1. The van der Waals surface area contributed by atoms with E-state index in [9.17, 15) is 4.79 Å². The molecule has 0 N–H and O–H groups in total. The number of rotatable bonds is 5. The number of aromatic nitrogens is 3. The average Bonchev–Trinajstić information content (AvgIpc) is 3.17. The molecule has 6 heteroatoms. The van der Waals surface area contributed by atoms with Crippen molar-refractivity contribution in [2.45, 2.75) is 38.8 Å². The molecule has 5 nitrogen and oxygen atoms in total. The van der Waals surface area contributed by atoms with Gasteiger partial charge in [0.1, 0.15) is 0 Å². The van der Waals surface area contributed by atoms with Crippen molar-refractivity contribution in [2.75, 3.05) is 18.8 Å². The molecule has 1 unspecified atom stereocenters. The van der Waals surface area contributed by atoms with Crippen LogP contribution in [0.4, 0.5) is 0 Å². The van der Waals surface area contributed by atoms with Gasteiger partial charge in [-0.2, -0.15) is 0 Å². The van der Waals surface area contributed by atoms with E-state index in [0.717, 1.165) is 41.7 Å². The molecule has 0 spiro atoms. The van der Waals surface area contributed by atoms with Crippen LogP contribution in [-0.2, 0) is 4.79 Å². The minimum atomic E-state index is 0.182. The predicted octanol–water partition coefficient (Wildman–Crippen LogP) is 4.90. The van der Waals surface area contributed by atoms with Gasteiger partial charge in [0.25, 0.3) is 0 Å². The molecule has 1 amide bonds. The zero-order valence-corrected chi connectivity index (χ0v) is 18.7. The topological polar surface area (TPSA) is 51.0 Å². The zero-order valence-electron chi connectivity index (χ0n) is 17.8. The van der Waals surface area contributed by atoms with Crippen molar-refractivity contribution in [3.63, 3.8) is 0 Å². The molecule has 2 heterocycles. The first kappa shape index (κ1) is 20.7. The highest BCUT2D eigenvalue weighted by molar-refractivity contribution is 7.99. The minimum absolute atomic E-state index is 0.182. The van der Waals surface area contributed by atoms with Crippen LogP contribution >= 0.6 is 11.8 Å². The van der Waals surface area contributed by atoms with Gasteiger partial charge in [0.2, 0.25) is 5.91 Å². The van der Waals surface area contributed by atoms with Crippen LogP contribution in [0.15, 0.2) is 53.7 Å². The molecule has 156 valence electrons. The number of likely N-dealkylation sites (tertiary alicyclic amines) is 1. The van der Waals surface area contributed by atoms with Crippen LogP contribution in [0.5, 0.6) is 0 Å². The Kier molecular flexibility index (Phi) is 6.23. The lowest BCUT2D eigenvalue weighted by Crippen LogP contribution is -2.40. The summed E-state index contributed by atoms with van der Waals surface area (Å²) in [5.74, 6) is 1.93. The number of carbonyl (C=O) groups is 1. The maximum Gasteiger partial charge on any atom is 0.233 e. The summed E-state index contributed by atoms with van der Waals surface area (Å²) in [4.78, 5) is 14.8. The quantitative estimate of drug-likeness (QED) is 0.551. The van der Waals surface area contributed by atoms with Gasteiger partial charge < -0.3 is 4.90 Å². The van der Waals surface area contributed by atoms with Gasteiger partial charge in [-0.05, 0) is 44.7 Å². The maximum atomic E-state index is 12.8. The van der Waals surface area contributed by atoms with Crippen LogP contribution in [0.25, 0.3) is 17.1 Å². The van der Waals surface area contributed by atoms with E-state index in [0.29, 0.717) is 11.7 Å². The number of hydrogen-bond acceptors (Lipinski definition) is 4. The van der Waals surface area contributed by atoms with E-state index >= 15 is 0 Å². The zero-order chi connectivity index (χ0) is 21.1. The lowest BCUT2D eigenvalue weighted by atomic mass is 10.0. The first-order valence-electron chi connectivity index (χ1n) is 10.5. The number of carbonyl (C=O) groups excluding carboxylic acids is 1. The second kappa shape index (κ2) is 9.04. The highest BCUT2D eigenvalue weighted by Crippen LogP contribution is 2.29. The number of hydrogen-bond donors (Lipinski definition) is 0. The Morgan fingerprint density at radius 3 is 2.37 bits per heavy atom. The van der Waals surface area contributed by atoms with E-state index in [1.165, 1.54) is 29.3 Å². The highest BCUT2D eigenvalue weighted by atomic mass is 32.2. The third-order valence-corrected chi connectivity index (χ3v) is 6.48. The van der Waals surface area contributed by atoms with Crippen LogP contribution in [0.3, 0.4) is 0 Å². The molecule has 1 atom stereocenters. The van der Waals surface area contributed by atoms with Gasteiger partial charge >= 0.3 is 0 Å². The van der Waals surface area contributed by atoms with Crippen molar-refractivity contribution in [1.82, 2.24) is 19.7 Å². The van der Waals surface area contributed by atoms with E-state index in [4.69, 9.17) is 0 Å². The summed E-state index contributed by atoms with van der Waals surface area (Å²) in [6.07, 6.45) is 2.30. The maximum absolute atomic E-state index is 12.8. The molecule has 1 saturated heterocycles. The predicted molar refractivity (Wildman–Crippen MR) is 122 cm³/mol. The Morgan fingerprint density at radius 1 is 1.03 bits per heavy atom. The lowest BCUT2D eigenvalue weighted by Gasteiger charge is -2.30. The number of benzene rings is 2. The van der Waals surface area contributed by atoms with Crippen LogP contribution in [0, 0.1) is 19.8 Å². The molecule has 0 aliphatic carbocycles. The van der Waals surface area contributed by atoms with Crippen LogP contribution in [-0.4, -0.2) is 44.4 Å². The molecule has 2 aromatic carbocycles. The molecule has 1 aromatic heterocycles. The van der Waals surface area contributed by atoms with Crippen molar-refractivity contribution in [3.05, 3.63) is 59.7 Å². The van der Waals surface area contributed by atoms with E-state index in [-0.39, 0.29) is 5.91 Å². The lowest BCUT2D eigenvalue weighted by molar-refractivity contribution is -0.130. The molecule has 30 heavy (non-hydrogen) atoms. The standard InChI is InChI=1S/C24H28N4OS/c1-17-6-10-20(11-7-17)23-25-26-24(28(23)21-12-8-18(2)9-13-21)30-16-22(29)27-14-4-5-19(3)15-27/h6-13,19H,4-5,14-16H2,1-3H3. The largest absolute Gasteiger partial charge is 0.342 e. The molecular formula is C24H28N4OS. The Hall–Kier alpha value is -2.60. The number of amides is 1. The molecule has 3 aromatic rings. The summed E-state index contributed by atoms with van der Waals surface area (Å²) in [5.41, 5.74) is 4.42. The second-order valence-corrected chi connectivity index (χ2v) is 9.16. The minimum Gasteiger partial charge on any atom is -0.342 e. The van der Waals surface area contributed by atoms with Crippen molar-refractivity contribution in [3.8, 4) is 17.1 Å². The molecule has 1 aliphatic heterocycles. The smallest absolute Gasteiger partial charge is 0.233 e. The second-order valence-electron chi connectivity index (χ2n) is 8.22. The van der Waals surface area contributed by atoms with Gasteiger partial charge in [-0.15, -0.1) is 10.2 Å². The van der Waals surface area contributed by atoms with E-state index < -0.39 is 0 Å².